The number of benzene rings is 2. The number of hydrogen-bond acceptors (Lipinski definition) is 6. The fourth-order valence-corrected chi connectivity index (χ4v) is 5.47. The van der Waals surface area contributed by atoms with Gasteiger partial charge >= 0.3 is 5.97 Å². The summed E-state index contributed by atoms with van der Waals surface area (Å²) >= 11 is 1.52. The maximum absolute atomic E-state index is 13.3. The van der Waals surface area contributed by atoms with Gasteiger partial charge in [-0.05, 0) is 50.1 Å². The van der Waals surface area contributed by atoms with Gasteiger partial charge in [0.05, 0.1) is 26.8 Å². The normalized spacial score (nSPS) is 11.3. The van der Waals surface area contributed by atoms with Gasteiger partial charge in [-0.1, -0.05) is 31.2 Å². The third kappa shape index (κ3) is 4.71. The Hall–Kier alpha value is -2.71. The van der Waals surface area contributed by atoms with Gasteiger partial charge < -0.3 is 4.74 Å². The van der Waals surface area contributed by atoms with Gasteiger partial charge in [-0.2, -0.15) is 0 Å². The first kappa shape index (κ1) is 22.0. The standard InChI is InChI=1S/C22H24N2O4S2/c1-4-21-23-18(15-29-21)14-28-22(25)17-12-11-16(3)20(13-17)30(26,27)24(5-2)19-9-7-6-8-10-19/h6-13,15H,4-5,14H2,1-3H3. The summed E-state index contributed by atoms with van der Waals surface area (Å²) in [5.41, 5.74) is 2.01. The number of sulfonamides is 1. The molecule has 0 N–H and O–H groups in total. The van der Waals surface area contributed by atoms with Crippen molar-refractivity contribution in [1.82, 2.24) is 4.98 Å². The van der Waals surface area contributed by atoms with Crippen molar-refractivity contribution >= 4 is 33.0 Å². The summed E-state index contributed by atoms with van der Waals surface area (Å²) in [4.78, 5) is 17.0. The second kappa shape index (κ2) is 9.40. The molecule has 0 saturated heterocycles. The Morgan fingerprint density at radius 1 is 1.13 bits per heavy atom. The van der Waals surface area contributed by atoms with Crippen LogP contribution in [-0.2, 0) is 27.8 Å². The number of aromatic nitrogens is 1. The van der Waals surface area contributed by atoms with E-state index in [0.29, 0.717) is 16.9 Å². The van der Waals surface area contributed by atoms with E-state index in [2.05, 4.69) is 4.98 Å². The molecule has 0 unspecified atom stereocenters. The maximum atomic E-state index is 13.3. The molecule has 8 heteroatoms. The average molecular weight is 445 g/mol. The lowest BCUT2D eigenvalue weighted by atomic mass is 10.1. The van der Waals surface area contributed by atoms with Crippen LogP contribution in [-0.4, -0.2) is 25.9 Å². The molecule has 0 saturated carbocycles. The molecule has 1 aromatic heterocycles. The zero-order chi connectivity index (χ0) is 21.7. The highest BCUT2D eigenvalue weighted by Gasteiger charge is 2.26. The quantitative estimate of drug-likeness (QED) is 0.475. The van der Waals surface area contributed by atoms with Gasteiger partial charge in [-0.15, -0.1) is 11.3 Å². The molecule has 1 heterocycles. The smallest absolute Gasteiger partial charge is 0.338 e. The van der Waals surface area contributed by atoms with E-state index in [9.17, 15) is 13.2 Å². The number of esters is 1. The first-order valence-corrected chi connectivity index (χ1v) is 12.0. The number of hydrogen-bond donors (Lipinski definition) is 0. The number of carbonyl (C=O) groups excluding carboxylic acids is 1. The predicted molar refractivity (Wildman–Crippen MR) is 118 cm³/mol. The molecule has 30 heavy (non-hydrogen) atoms. The van der Waals surface area contributed by atoms with Crippen LogP contribution in [0.15, 0.2) is 58.8 Å². The highest BCUT2D eigenvalue weighted by atomic mass is 32.2. The molecule has 0 amide bonds. The molecule has 3 aromatic rings. The lowest BCUT2D eigenvalue weighted by molar-refractivity contribution is 0.0468. The molecule has 0 spiro atoms. The summed E-state index contributed by atoms with van der Waals surface area (Å²) in [6.45, 7) is 5.82. The van der Waals surface area contributed by atoms with Crippen LogP contribution in [0.4, 0.5) is 5.69 Å². The Morgan fingerprint density at radius 2 is 1.87 bits per heavy atom. The molecule has 0 aliphatic heterocycles. The van der Waals surface area contributed by atoms with Crippen molar-refractivity contribution in [2.45, 2.75) is 38.7 Å². The van der Waals surface area contributed by atoms with E-state index >= 15 is 0 Å². The summed E-state index contributed by atoms with van der Waals surface area (Å²) in [6, 6.07) is 13.5. The van der Waals surface area contributed by atoms with Gasteiger partial charge in [0.25, 0.3) is 10.0 Å². The molecule has 0 aliphatic carbocycles. The van der Waals surface area contributed by atoms with Gasteiger partial charge in [0.2, 0.25) is 0 Å². The summed E-state index contributed by atoms with van der Waals surface area (Å²) < 4.78 is 33.4. The van der Waals surface area contributed by atoms with Crippen LogP contribution in [0.1, 0.15) is 40.5 Å². The van der Waals surface area contributed by atoms with Crippen LogP contribution in [0.2, 0.25) is 0 Å². The van der Waals surface area contributed by atoms with Crippen molar-refractivity contribution in [2.24, 2.45) is 0 Å². The molecule has 6 nitrogen and oxygen atoms in total. The second-order valence-electron chi connectivity index (χ2n) is 6.65. The van der Waals surface area contributed by atoms with Crippen molar-refractivity contribution in [3.05, 3.63) is 75.7 Å². The molecular weight excluding hydrogens is 420 g/mol. The number of rotatable bonds is 8. The largest absolute Gasteiger partial charge is 0.456 e. The van der Waals surface area contributed by atoms with Gasteiger partial charge in [0.15, 0.2) is 0 Å². The van der Waals surface area contributed by atoms with Gasteiger partial charge in [-0.25, -0.2) is 18.2 Å². The van der Waals surface area contributed by atoms with Crippen molar-refractivity contribution in [3.63, 3.8) is 0 Å². The maximum Gasteiger partial charge on any atom is 0.338 e. The molecule has 2 aromatic carbocycles. The Balaban J connectivity index is 1.85. The lowest BCUT2D eigenvalue weighted by Crippen LogP contribution is -2.31. The lowest BCUT2D eigenvalue weighted by Gasteiger charge is -2.24. The van der Waals surface area contributed by atoms with Gasteiger partial charge in [0, 0.05) is 11.9 Å². The summed E-state index contributed by atoms with van der Waals surface area (Å²) in [7, 11) is -3.84. The van der Waals surface area contributed by atoms with Crippen LogP contribution >= 0.6 is 11.3 Å². The molecule has 0 atom stereocenters. The molecule has 3 rings (SSSR count). The van der Waals surface area contributed by atoms with E-state index in [1.807, 2.05) is 18.4 Å². The first-order valence-electron chi connectivity index (χ1n) is 9.65. The molecular formula is C22H24N2O4S2. The minimum atomic E-state index is -3.84. The second-order valence-corrected chi connectivity index (χ2v) is 9.42. The number of aryl methyl sites for hydroxylation is 2. The third-order valence-electron chi connectivity index (χ3n) is 4.58. The SMILES string of the molecule is CCc1nc(COC(=O)c2ccc(C)c(S(=O)(=O)N(CC)c3ccccc3)c2)cs1. The van der Waals surface area contributed by atoms with Crippen molar-refractivity contribution in [1.29, 1.82) is 0 Å². The van der Waals surface area contributed by atoms with E-state index in [-0.39, 0.29) is 23.6 Å². The van der Waals surface area contributed by atoms with Crippen LogP contribution in [0.5, 0.6) is 0 Å². The van der Waals surface area contributed by atoms with Crippen LogP contribution in [0.3, 0.4) is 0 Å². The molecule has 0 radical (unpaired) electrons. The Bertz CT molecular complexity index is 1130. The molecule has 0 fully saturated rings. The van der Waals surface area contributed by atoms with Crippen LogP contribution < -0.4 is 4.31 Å². The third-order valence-corrected chi connectivity index (χ3v) is 7.66. The molecule has 158 valence electrons. The number of carbonyl (C=O) groups is 1. The number of para-hydroxylation sites is 1. The minimum Gasteiger partial charge on any atom is -0.456 e. The van der Waals surface area contributed by atoms with Gasteiger partial charge in [-0.3, -0.25) is 4.31 Å². The highest BCUT2D eigenvalue weighted by Crippen LogP contribution is 2.26. The fraction of sp³-hybridized carbons (Fsp3) is 0.273. The van der Waals surface area contributed by atoms with Crippen molar-refractivity contribution in [3.8, 4) is 0 Å². The first-order chi connectivity index (χ1) is 14.4. The van der Waals surface area contributed by atoms with E-state index < -0.39 is 16.0 Å². The highest BCUT2D eigenvalue weighted by molar-refractivity contribution is 7.92. The zero-order valence-corrected chi connectivity index (χ0v) is 18.8. The van der Waals surface area contributed by atoms with E-state index in [4.69, 9.17) is 4.74 Å². The number of thiazole rings is 1. The Kier molecular flexibility index (Phi) is 6.89. The van der Waals surface area contributed by atoms with E-state index in [1.165, 1.54) is 21.7 Å². The van der Waals surface area contributed by atoms with Crippen LogP contribution in [0, 0.1) is 6.92 Å². The van der Waals surface area contributed by atoms with Crippen molar-refractivity contribution < 1.29 is 17.9 Å². The predicted octanol–water partition coefficient (Wildman–Crippen LogP) is 4.59. The Morgan fingerprint density at radius 3 is 2.50 bits per heavy atom. The van der Waals surface area contributed by atoms with Crippen LogP contribution in [0.25, 0.3) is 0 Å². The van der Waals surface area contributed by atoms with E-state index in [1.54, 1.807) is 50.2 Å². The monoisotopic (exact) mass is 444 g/mol. The topological polar surface area (TPSA) is 76.6 Å². The minimum absolute atomic E-state index is 0.0520. The van der Waals surface area contributed by atoms with E-state index in [0.717, 1.165) is 11.4 Å². The summed E-state index contributed by atoms with van der Waals surface area (Å²) in [5, 5.41) is 2.83. The summed E-state index contributed by atoms with van der Waals surface area (Å²) in [5.74, 6) is -0.583. The summed E-state index contributed by atoms with van der Waals surface area (Å²) in [6.07, 6.45) is 0.827. The Labute approximate surface area is 181 Å². The fourth-order valence-electron chi connectivity index (χ4n) is 3.01. The number of nitrogens with zero attached hydrogens (tertiary/aromatic N) is 2. The van der Waals surface area contributed by atoms with Crippen molar-refractivity contribution in [2.75, 3.05) is 10.8 Å². The zero-order valence-electron chi connectivity index (χ0n) is 17.2. The number of ether oxygens (including phenoxy) is 1. The van der Waals surface area contributed by atoms with Gasteiger partial charge in [0.1, 0.15) is 6.61 Å². The molecule has 0 aliphatic rings. The number of anilines is 1. The molecule has 0 bridgehead atoms. The average Bonchev–Trinajstić information content (AvgIpc) is 3.21.